The van der Waals surface area contributed by atoms with Crippen LogP contribution in [0.15, 0.2) is 0 Å². The van der Waals surface area contributed by atoms with Crippen LogP contribution in [-0.4, -0.2) is 39.8 Å². The SMILES string of the molecule is COC(=O)CS(=O)(=O)N[C@@H]1CC[C@H](CN)C1. The molecule has 0 unspecified atom stereocenters. The number of rotatable bonds is 5. The molecule has 0 spiro atoms. The van der Waals surface area contributed by atoms with Gasteiger partial charge in [-0.1, -0.05) is 0 Å². The van der Waals surface area contributed by atoms with Gasteiger partial charge in [0.25, 0.3) is 0 Å². The van der Waals surface area contributed by atoms with Crippen LogP contribution in [-0.2, 0) is 19.6 Å². The summed E-state index contributed by atoms with van der Waals surface area (Å²) in [6.45, 7) is 0.579. The first-order valence-corrected chi connectivity index (χ1v) is 6.89. The predicted molar refractivity (Wildman–Crippen MR) is 59.1 cm³/mol. The number of hydrogen-bond donors (Lipinski definition) is 2. The first-order chi connectivity index (χ1) is 7.46. The van der Waals surface area contributed by atoms with Gasteiger partial charge in [0.15, 0.2) is 5.75 Å². The van der Waals surface area contributed by atoms with Gasteiger partial charge in [-0.3, -0.25) is 4.79 Å². The molecule has 1 rings (SSSR count). The van der Waals surface area contributed by atoms with E-state index in [1.807, 2.05) is 0 Å². The monoisotopic (exact) mass is 250 g/mol. The van der Waals surface area contributed by atoms with E-state index >= 15 is 0 Å². The van der Waals surface area contributed by atoms with E-state index < -0.39 is 21.7 Å². The maximum absolute atomic E-state index is 11.5. The Bertz CT molecular complexity index is 341. The van der Waals surface area contributed by atoms with Gasteiger partial charge in [0, 0.05) is 6.04 Å². The third-order valence-corrected chi connectivity index (χ3v) is 4.06. The topological polar surface area (TPSA) is 98.5 Å². The summed E-state index contributed by atoms with van der Waals surface area (Å²) in [5.41, 5.74) is 5.51. The minimum atomic E-state index is -3.57. The molecule has 1 fully saturated rings. The fourth-order valence-electron chi connectivity index (χ4n) is 1.91. The van der Waals surface area contributed by atoms with Crippen molar-refractivity contribution in [1.29, 1.82) is 0 Å². The maximum Gasteiger partial charge on any atom is 0.322 e. The number of carbonyl (C=O) groups is 1. The maximum atomic E-state index is 11.5. The van der Waals surface area contributed by atoms with E-state index in [1.54, 1.807) is 0 Å². The molecular weight excluding hydrogens is 232 g/mol. The van der Waals surface area contributed by atoms with Gasteiger partial charge >= 0.3 is 5.97 Å². The number of nitrogens with two attached hydrogens (primary N) is 1. The summed E-state index contributed by atoms with van der Waals surface area (Å²) in [5, 5.41) is 0. The third-order valence-electron chi connectivity index (χ3n) is 2.76. The molecule has 0 bridgehead atoms. The van der Waals surface area contributed by atoms with Gasteiger partial charge < -0.3 is 10.5 Å². The molecular formula is C9H18N2O4S. The average molecular weight is 250 g/mol. The molecule has 94 valence electrons. The van der Waals surface area contributed by atoms with Gasteiger partial charge in [0.05, 0.1) is 7.11 Å². The third kappa shape index (κ3) is 4.07. The Morgan fingerprint density at radius 1 is 1.50 bits per heavy atom. The van der Waals surface area contributed by atoms with Crippen LogP contribution in [0.1, 0.15) is 19.3 Å². The molecule has 0 amide bonds. The van der Waals surface area contributed by atoms with Crippen molar-refractivity contribution in [1.82, 2.24) is 4.72 Å². The fraction of sp³-hybridized carbons (Fsp3) is 0.889. The summed E-state index contributed by atoms with van der Waals surface area (Å²) in [5.74, 6) is -0.987. The summed E-state index contributed by atoms with van der Waals surface area (Å²) >= 11 is 0. The van der Waals surface area contributed by atoms with Gasteiger partial charge in [-0.25, -0.2) is 13.1 Å². The van der Waals surface area contributed by atoms with Crippen LogP contribution in [0.25, 0.3) is 0 Å². The van der Waals surface area contributed by atoms with Gasteiger partial charge in [0.1, 0.15) is 0 Å². The normalized spacial score (nSPS) is 25.6. The molecule has 0 aromatic heterocycles. The second-order valence-corrected chi connectivity index (χ2v) is 5.82. The van der Waals surface area contributed by atoms with Crippen LogP contribution in [0.4, 0.5) is 0 Å². The van der Waals surface area contributed by atoms with Gasteiger partial charge in [-0.05, 0) is 31.7 Å². The number of ether oxygens (including phenoxy) is 1. The molecule has 3 N–H and O–H groups in total. The van der Waals surface area contributed by atoms with Crippen molar-refractivity contribution >= 4 is 16.0 Å². The van der Waals surface area contributed by atoms with E-state index in [1.165, 1.54) is 0 Å². The molecule has 0 radical (unpaired) electrons. The molecule has 1 aliphatic rings. The Labute approximate surface area is 95.6 Å². The molecule has 7 heteroatoms. The second kappa shape index (κ2) is 5.60. The Kier molecular flexibility index (Phi) is 4.69. The van der Waals surface area contributed by atoms with E-state index in [-0.39, 0.29) is 6.04 Å². The number of carbonyl (C=O) groups excluding carboxylic acids is 1. The zero-order valence-electron chi connectivity index (χ0n) is 9.31. The Morgan fingerprint density at radius 3 is 2.69 bits per heavy atom. The van der Waals surface area contributed by atoms with Crippen molar-refractivity contribution in [3.8, 4) is 0 Å². The van der Waals surface area contributed by atoms with Gasteiger partial charge in [0.2, 0.25) is 10.0 Å². The van der Waals surface area contributed by atoms with Crippen molar-refractivity contribution in [2.45, 2.75) is 25.3 Å². The standard InChI is InChI=1S/C9H18N2O4S/c1-15-9(12)6-16(13,14)11-8-3-2-7(4-8)5-10/h7-8,11H,2-6,10H2,1H3/t7-,8+/m0/s1. The first kappa shape index (κ1) is 13.4. The van der Waals surface area contributed by atoms with E-state index in [9.17, 15) is 13.2 Å². The lowest BCUT2D eigenvalue weighted by atomic mass is 10.1. The zero-order valence-corrected chi connectivity index (χ0v) is 10.1. The predicted octanol–water partition coefficient (Wildman–Crippen LogP) is -0.794. The zero-order chi connectivity index (χ0) is 12.2. The quantitative estimate of drug-likeness (QED) is 0.623. The lowest BCUT2D eigenvalue weighted by Gasteiger charge is -2.12. The summed E-state index contributed by atoms with van der Waals surface area (Å²) in [6.07, 6.45) is 2.46. The fourth-order valence-corrected chi connectivity index (χ4v) is 3.14. The number of methoxy groups -OCH3 is 1. The number of nitrogens with one attached hydrogen (secondary N) is 1. The van der Waals surface area contributed by atoms with Crippen LogP contribution in [0.2, 0.25) is 0 Å². The largest absolute Gasteiger partial charge is 0.468 e. The lowest BCUT2D eigenvalue weighted by Crippen LogP contribution is -2.37. The molecule has 0 aromatic rings. The number of sulfonamides is 1. The number of esters is 1. The molecule has 0 aromatic carbocycles. The molecule has 2 atom stereocenters. The Hall–Kier alpha value is -0.660. The van der Waals surface area contributed by atoms with Crippen molar-refractivity contribution < 1.29 is 17.9 Å². The van der Waals surface area contributed by atoms with Gasteiger partial charge in [-0.2, -0.15) is 0 Å². The summed E-state index contributed by atoms with van der Waals surface area (Å²) in [6, 6.07) is -0.0943. The van der Waals surface area contributed by atoms with Crippen LogP contribution >= 0.6 is 0 Å². The average Bonchev–Trinajstić information content (AvgIpc) is 2.63. The smallest absolute Gasteiger partial charge is 0.322 e. The summed E-state index contributed by atoms with van der Waals surface area (Å²) in [7, 11) is -2.41. The first-order valence-electron chi connectivity index (χ1n) is 5.23. The van der Waals surface area contributed by atoms with Crippen LogP contribution in [0, 0.1) is 5.92 Å². The van der Waals surface area contributed by atoms with E-state index in [0.29, 0.717) is 12.5 Å². The minimum absolute atomic E-state index is 0.0943. The highest BCUT2D eigenvalue weighted by Crippen LogP contribution is 2.24. The van der Waals surface area contributed by atoms with E-state index in [2.05, 4.69) is 9.46 Å². The summed E-state index contributed by atoms with van der Waals surface area (Å²) in [4.78, 5) is 10.9. The Morgan fingerprint density at radius 2 is 2.19 bits per heavy atom. The summed E-state index contributed by atoms with van der Waals surface area (Å²) < 4.78 is 29.8. The highest BCUT2D eigenvalue weighted by molar-refractivity contribution is 7.90. The Balaban J connectivity index is 2.45. The van der Waals surface area contributed by atoms with Crippen molar-refractivity contribution in [3.63, 3.8) is 0 Å². The van der Waals surface area contributed by atoms with Gasteiger partial charge in [-0.15, -0.1) is 0 Å². The van der Waals surface area contributed by atoms with Crippen LogP contribution < -0.4 is 10.5 Å². The second-order valence-electron chi connectivity index (χ2n) is 4.06. The lowest BCUT2D eigenvalue weighted by molar-refractivity contribution is -0.137. The molecule has 1 aliphatic carbocycles. The van der Waals surface area contributed by atoms with Crippen molar-refractivity contribution in [3.05, 3.63) is 0 Å². The minimum Gasteiger partial charge on any atom is -0.468 e. The van der Waals surface area contributed by atoms with Crippen molar-refractivity contribution in [2.75, 3.05) is 19.4 Å². The number of hydrogen-bond acceptors (Lipinski definition) is 5. The van der Waals surface area contributed by atoms with Crippen LogP contribution in [0.3, 0.4) is 0 Å². The highest BCUT2D eigenvalue weighted by atomic mass is 32.2. The molecule has 0 aliphatic heterocycles. The van der Waals surface area contributed by atoms with E-state index in [0.717, 1.165) is 26.4 Å². The molecule has 0 heterocycles. The highest BCUT2D eigenvalue weighted by Gasteiger charge is 2.28. The van der Waals surface area contributed by atoms with E-state index in [4.69, 9.17) is 5.73 Å². The molecule has 1 saturated carbocycles. The molecule has 0 saturated heterocycles. The molecule has 6 nitrogen and oxygen atoms in total. The molecule has 16 heavy (non-hydrogen) atoms. The van der Waals surface area contributed by atoms with Crippen LogP contribution in [0.5, 0.6) is 0 Å². The van der Waals surface area contributed by atoms with Crippen molar-refractivity contribution in [2.24, 2.45) is 11.7 Å².